The van der Waals surface area contributed by atoms with E-state index in [2.05, 4.69) is 19.2 Å². The van der Waals surface area contributed by atoms with Gasteiger partial charge in [-0.05, 0) is 37.0 Å². The first-order chi connectivity index (χ1) is 9.21. The molecule has 19 heavy (non-hydrogen) atoms. The molecule has 1 amide bonds. The maximum absolute atomic E-state index is 12.2. The van der Waals surface area contributed by atoms with Gasteiger partial charge in [-0.2, -0.15) is 0 Å². The van der Waals surface area contributed by atoms with Gasteiger partial charge >= 0.3 is 0 Å². The second-order valence-corrected chi connectivity index (χ2v) is 5.28. The Labute approximate surface area is 121 Å². The first-order valence-corrected chi connectivity index (χ1v) is 7.70. The predicted molar refractivity (Wildman–Crippen MR) is 82.8 cm³/mol. The second kappa shape index (κ2) is 8.98. The van der Waals surface area contributed by atoms with Gasteiger partial charge in [0.1, 0.15) is 0 Å². The lowest BCUT2D eigenvalue weighted by Gasteiger charge is -2.15. The van der Waals surface area contributed by atoms with Crippen molar-refractivity contribution in [1.82, 2.24) is 0 Å². The topological polar surface area (TPSA) is 29.1 Å². The van der Waals surface area contributed by atoms with E-state index in [1.165, 1.54) is 5.56 Å². The molecule has 1 aromatic rings. The van der Waals surface area contributed by atoms with E-state index in [4.69, 9.17) is 11.6 Å². The molecule has 0 saturated carbocycles. The van der Waals surface area contributed by atoms with Crippen molar-refractivity contribution in [2.24, 2.45) is 5.92 Å². The first kappa shape index (κ1) is 16.0. The highest BCUT2D eigenvalue weighted by Gasteiger charge is 2.16. The quantitative estimate of drug-likeness (QED) is 0.692. The lowest BCUT2D eigenvalue weighted by molar-refractivity contribution is -0.120. The number of amides is 1. The van der Waals surface area contributed by atoms with Crippen LogP contribution in [0.2, 0.25) is 0 Å². The zero-order valence-electron chi connectivity index (χ0n) is 11.9. The summed E-state index contributed by atoms with van der Waals surface area (Å²) in [5.74, 6) is 0.909. The summed E-state index contributed by atoms with van der Waals surface area (Å²) in [5.41, 5.74) is 2.08. The first-order valence-electron chi connectivity index (χ1n) is 7.17. The summed E-state index contributed by atoms with van der Waals surface area (Å²) in [7, 11) is 0. The molecule has 2 nitrogen and oxygen atoms in total. The maximum atomic E-state index is 12.2. The number of alkyl halides is 1. The molecule has 0 radical (unpaired) electrons. The van der Waals surface area contributed by atoms with Gasteiger partial charge in [0.2, 0.25) is 5.91 Å². The van der Waals surface area contributed by atoms with Crippen LogP contribution >= 0.6 is 11.6 Å². The smallest absolute Gasteiger partial charge is 0.227 e. The number of rotatable bonds is 8. The van der Waals surface area contributed by atoms with Crippen molar-refractivity contribution < 1.29 is 4.79 Å². The zero-order valence-corrected chi connectivity index (χ0v) is 12.7. The van der Waals surface area contributed by atoms with E-state index in [1.807, 2.05) is 24.3 Å². The average molecular weight is 282 g/mol. The highest BCUT2D eigenvalue weighted by Crippen LogP contribution is 2.17. The van der Waals surface area contributed by atoms with Crippen molar-refractivity contribution in [3.05, 3.63) is 29.8 Å². The summed E-state index contributed by atoms with van der Waals surface area (Å²) >= 11 is 5.70. The summed E-state index contributed by atoms with van der Waals surface area (Å²) in [6.45, 7) is 4.24. The van der Waals surface area contributed by atoms with Crippen LogP contribution in [0.5, 0.6) is 0 Å². The number of carbonyl (C=O) groups is 1. The Morgan fingerprint density at radius 1 is 1.16 bits per heavy atom. The molecule has 0 aliphatic carbocycles. The maximum Gasteiger partial charge on any atom is 0.227 e. The van der Waals surface area contributed by atoms with E-state index in [-0.39, 0.29) is 11.8 Å². The molecule has 0 atom stereocenters. The second-order valence-electron chi connectivity index (χ2n) is 4.90. The molecule has 1 aromatic carbocycles. The highest BCUT2D eigenvalue weighted by molar-refractivity contribution is 6.17. The Balaban J connectivity index is 2.58. The van der Waals surface area contributed by atoms with Crippen LogP contribution in [0.25, 0.3) is 0 Å². The number of aryl methyl sites for hydroxylation is 1. The summed E-state index contributed by atoms with van der Waals surface area (Å²) in [5, 5.41) is 3.01. The van der Waals surface area contributed by atoms with Crippen LogP contribution in [-0.4, -0.2) is 11.8 Å². The van der Waals surface area contributed by atoms with Crippen molar-refractivity contribution in [2.45, 2.75) is 46.0 Å². The lowest BCUT2D eigenvalue weighted by Crippen LogP contribution is -2.22. The van der Waals surface area contributed by atoms with E-state index >= 15 is 0 Å². The zero-order chi connectivity index (χ0) is 14.1. The van der Waals surface area contributed by atoms with E-state index in [1.54, 1.807) is 0 Å². The van der Waals surface area contributed by atoms with Crippen LogP contribution in [0.3, 0.4) is 0 Å². The van der Waals surface area contributed by atoms with Crippen molar-refractivity contribution in [3.63, 3.8) is 0 Å². The van der Waals surface area contributed by atoms with Gasteiger partial charge < -0.3 is 5.32 Å². The molecule has 0 aliphatic rings. The van der Waals surface area contributed by atoms with E-state index < -0.39 is 0 Å². The summed E-state index contributed by atoms with van der Waals surface area (Å²) in [4.78, 5) is 12.2. The standard InChI is InChI=1S/C16H24ClNO/c1-3-5-14(6-4-2)16(19)18-15-9-7-13(8-10-15)11-12-17/h7-10,14H,3-6,11-12H2,1-2H3,(H,18,19). The Hall–Kier alpha value is -1.02. The minimum Gasteiger partial charge on any atom is -0.326 e. The van der Waals surface area contributed by atoms with Crippen molar-refractivity contribution in [1.29, 1.82) is 0 Å². The van der Waals surface area contributed by atoms with Crippen LogP contribution in [0, 0.1) is 5.92 Å². The SMILES string of the molecule is CCCC(CCC)C(=O)Nc1ccc(CCCl)cc1. The number of carbonyl (C=O) groups excluding carboxylic acids is 1. The molecule has 106 valence electrons. The Morgan fingerprint density at radius 3 is 2.21 bits per heavy atom. The van der Waals surface area contributed by atoms with Crippen molar-refractivity contribution in [3.8, 4) is 0 Å². The van der Waals surface area contributed by atoms with Crippen molar-refractivity contribution in [2.75, 3.05) is 11.2 Å². The molecule has 0 saturated heterocycles. The normalized spacial score (nSPS) is 10.7. The molecular weight excluding hydrogens is 258 g/mol. The number of hydrogen-bond donors (Lipinski definition) is 1. The number of hydrogen-bond acceptors (Lipinski definition) is 1. The van der Waals surface area contributed by atoms with Crippen LogP contribution in [0.1, 0.15) is 45.1 Å². The average Bonchev–Trinajstić information content (AvgIpc) is 2.41. The van der Waals surface area contributed by atoms with E-state index in [9.17, 15) is 4.79 Å². The van der Waals surface area contributed by atoms with Crippen LogP contribution in [0.15, 0.2) is 24.3 Å². The van der Waals surface area contributed by atoms with E-state index in [0.29, 0.717) is 5.88 Å². The number of anilines is 1. The van der Waals surface area contributed by atoms with Gasteiger partial charge in [0, 0.05) is 17.5 Å². The Bertz CT molecular complexity index is 369. The summed E-state index contributed by atoms with van der Waals surface area (Å²) < 4.78 is 0. The number of benzene rings is 1. The molecular formula is C16H24ClNO. The fraction of sp³-hybridized carbons (Fsp3) is 0.562. The molecule has 0 heterocycles. The Morgan fingerprint density at radius 2 is 1.74 bits per heavy atom. The van der Waals surface area contributed by atoms with Gasteiger partial charge in [-0.15, -0.1) is 11.6 Å². The van der Waals surface area contributed by atoms with Gasteiger partial charge in [0.25, 0.3) is 0 Å². The summed E-state index contributed by atoms with van der Waals surface area (Å²) in [6.07, 6.45) is 4.89. The van der Waals surface area contributed by atoms with Gasteiger partial charge in [-0.25, -0.2) is 0 Å². The minimum absolute atomic E-state index is 0.137. The van der Waals surface area contributed by atoms with E-state index in [0.717, 1.165) is 37.8 Å². The third-order valence-electron chi connectivity index (χ3n) is 3.25. The molecule has 0 unspecified atom stereocenters. The highest BCUT2D eigenvalue weighted by atomic mass is 35.5. The van der Waals surface area contributed by atoms with Gasteiger partial charge in [-0.1, -0.05) is 38.8 Å². The molecule has 0 aromatic heterocycles. The number of nitrogens with one attached hydrogen (secondary N) is 1. The van der Waals surface area contributed by atoms with Gasteiger partial charge in [0.05, 0.1) is 0 Å². The van der Waals surface area contributed by atoms with Crippen LogP contribution < -0.4 is 5.32 Å². The molecule has 0 bridgehead atoms. The molecule has 0 fully saturated rings. The lowest BCUT2D eigenvalue weighted by atomic mass is 9.97. The van der Waals surface area contributed by atoms with Gasteiger partial charge in [0.15, 0.2) is 0 Å². The minimum atomic E-state index is 0.137. The number of halogens is 1. The largest absolute Gasteiger partial charge is 0.326 e. The molecule has 1 rings (SSSR count). The molecule has 0 spiro atoms. The third-order valence-corrected chi connectivity index (χ3v) is 3.44. The molecule has 0 aliphatic heterocycles. The van der Waals surface area contributed by atoms with Gasteiger partial charge in [-0.3, -0.25) is 4.79 Å². The fourth-order valence-electron chi connectivity index (χ4n) is 2.21. The predicted octanol–water partition coefficient (Wildman–Crippen LogP) is 4.62. The summed E-state index contributed by atoms with van der Waals surface area (Å²) in [6, 6.07) is 7.95. The van der Waals surface area contributed by atoms with Crippen molar-refractivity contribution >= 4 is 23.2 Å². The fourth-order valence-corrected chi connectivity index (χ4v) is 2.43. The third kappa shape index (κ3) is 5.65. The monoisotopic (exact) mass is 281 g/mol. The molecule has 1 N–H and O–H groups in total. The molecule has 3 heteroatoms. The van der Waals surface area contributed by atoms with Crippen LogP contribution in [-0.2, 0) is 11.2 Å². The van der Waals surface area contributed by atoms with Crippen LogP contribution in [0.4, 0.5) is 5.69 Å². The Kier molecular flexibility index (Phi) is 7.57.